The van der Waals surface area contributed by atoms with E-state index in [9.17, 15) is 14.9 Å². The number of thioether (sulfide) groups is 1. The molecule has 0 fully saturated rings. The summed E-state index contributed by atoms with van der Waals surface area (Å²) in [7, 11) is 1.32. The molecule has 2 aromatic rings. The quantitative estimate of drug-likeness (QED) is 0.469. The molecule has 0 saturated carbocycles. The lowest BCUT2D eigenvalue weighted by atomic mass is 9.87. The maximum absolute atomic E-state index is 12.2. The number of nitrogens with two attached hydrogens (primary N) is 1. The number of carbonyl (C=O) groups excluding carboxylic acids is 1. The number of hydrogen-bond donors (Lipinski definition) is 1. The molecule has 0 aliphatic heterocycles. The molecule has 0 saturated heterocycles. The van der Waals surface area contributed by atoms with Crippen LogP contribution in [0.3, 0.4) is 0 Å². The molecule has 0 unspecified atom stereocenters. The third kappa shape index (κ3) is 3.68. The highest BCUT2D eigenvalue weighted by molar-refractivity contribution is 7.98. The molecule has 6 nitrogen and oxygen atoms in total. The van der Waals surface area contributed by atoms with Crippen LogP contribution in [0, 0.1) is 10.1 Å². The fourth-order valence-electron chi connectivity index (χ4n) is 2.76. The smallest absolute Gasteiger partial charge is 0.326 e. The van der Waals surface area contributed by atoms with Crippen molar-refractivity contribution in [1.29, 1.82) is 0 Å². The Morgan fingerprint density at radius 3 is 2.58 bits per heavy atom. The largest absolute Gasteiger partial charge is 0.468 e. The monoisotopic (exact) mass is 348 g/mol. The van der Waals surface area contributed by atoms with Gasteiger partial charge in [-0.15, -0.1) is 0 Å². The Morgan fingerprint density at radius 2 is 1.96 bits per heavy atom. The third-order valence-corrected chi connectivity index (χ3v) is 4.65. The van der Waals surface area contributed by atoms with Crippen molar-refractivity contribution in [2.75, 3.05) is 19.1 Å². The number of methoxy groups -OCH3 is 1. The van der Waals surface area contributed by atoms with Crippen LogP contribution in [-0.4, -0.2) is 35.5 Å². The van der Waals surface area contributed by atoms with Gasteiger partial charge in [0.2, 0.25) is 0 Å². The van der Waals surface area contributed by atoms with Crippen molar-refractivity contribution in [2.45, 2.75) is 18.4 Å². The van der Waals surface area contributed by atoms with E-state index in [0.29, 0.717) is 11.8 Å². The van der Waals surface area contributed by atoms with Crippen molar-refractivity contribution in [1.82, 2.24) is 0 Å². The fraction of sp³-hybridized carbons (Fsp3) is 0.353. The minimum atomic E-state index is -1.16. The van der Waals surface area contributed by atoms with Crippen molar-refractivity contribution < 1.29 is 14.5 Å². The van der Waals surface area contributed by atoms with Gasteiger partial charge in [-0.2, -0.15) is 11.8 Å². The van der Waals surface area contributed by atoms with Gasteiger partial charge in [0.15, 0.2) is 0 Å². The number of nitro groups is 1. The normalized spacial score (nSPS) is 13.5. The zero-order chi connectivity index (χ0) is 17.7. The van der Waals surface area contributed by atoms with E-state index in [2.05, 4.69) is 0 Å². The van der Waals surface area contributed by atoms with Crippen molar-refractivity contribution >= 4 is 34.2 Å². The van der Waals surface area contributed by atoms with E-state index in [4.69, 9.17) is 10.5 Å². The van der Waals surface area contributed by atoms with Crippen molar-refractivity contribution in [3.8, 4) is 0 Å². The number of non-ortho nitro benzene ring substituents is 1. The molecule has 0 amide bonds. The summed E-state index contributed by atoms with van der Waals surface area (Å²) < 4.78 is 4.88. The number of nitro benzene ring substituents is 1. The van der Waals surface area contributed by atoms with Gasteiger partial charge in [0, 0.05) is 12.5 Å². The lowest BCUT2D eigenvalue weighted by molar-refractivity contribution is -0.383. The molecule has 24 heavy (non-hydrogen) atoms. The van der Waals surface area contributed by atoms with Crippen LogP contribution in [0.1, 0.15) is 12.0 Å². The van der Waals surface area contributed by atoms with E-state index >= 15 is 0 Å². The van der Waals surface area contributed by atoms with Crippen molar-refractivity contribution in [2.24, 2.45) is 5.73 Å². The average Bonchev–Trinajstić information content (AvgIpc) is 2.58. The van der Waals surface area contributed by atoms with E-state index in [1.165, 1.54) is 13.2 Å². The van der Waals surface area contributed by atoms with Gasteiger partial charge in [-0.05, 0) is 35.4 Å². The summed E-state index contributed by atoms with van der Waals surface area (Å²) in [4.78, 5) is 23.0. The molecule has 0 aromatic heterocycles. The summed E-state index contributed by atoms with van der Waals surface area (Å²) in [6.45, 7) is 0. The zero-order valence-electron chi connectivity index (χ0n) is 13.7. The predicted octanol–water partition coefficient (Wildman–Crippen LogP) is 2.91. The first-order valence-corrected chi connectivity index (χ1v) is 8.83. The first-order valence-electron chi connectivity index (χ1n) is 7.44. The third-order valence-electron chi connectivity index (χ3n) is 4.04. The molecule has 0 bridgehead atoms. The van der Waals surface area contributed by atoms with E-state index in [0.717, 1.165) is 16.7 Å². The molecule has 128 valence electrons. The maximum atomic E-state index is 12.2. The average molecular weight is 348 g/mol. The van der Waals surface area contributed by atoms with Gasteiger partial charge in [-0.1, -0.05) is 24.3 Å². The number of benzene rings is 2. The van der Waals surface area contributed by atoms with Crippen LogP contribution < -0.4 is 5.73 Å². The molecule has 0 radical (unpaired) electrons. The summed E-state index contributed by atoms with van der Waals surface area (Å²) >= 11 is 1.60. The van der Waals surface area contributed by atoms with Gasteiger partial charge in [-0.25, -0.2) is 0 Å². The SMILES string of the molecule is COC(=O)[C@@](N)(CCSC)Cc1cccc2c([N+](=O)[O-])cccc12. The topological polar surface area (TPSA) is 95.5 Å². The molecule has 0 spiro atoms. The Balaban J connectivity index is 2.49. The predicted molar refractivity (Wildman–Crippen MR) is 96.2 cm³/mol. The van der Waals surface area contributed by atoms with Crippen molar-refractivity contribution in [3.05, 3.63) is 52.1 Å². The second kappa shape index (κ2) is 7.63. The van der Waals surface area contributed by atoms with Gasteiger partial charge in [0.25, 0.3) is 5.69 Å². The lowest BCUT2D eigenvalue weighted by Crippen LogP contribution is -2.51. The Hall–Kier alpha value is -2.12. The van der Waals surface area contributed by atoms with Gasteiger partial charge in [0.05, 0.1) is 17.4 Å². The second-order valence-electron chi connectivity index (χ2n) is 5.61. The van der Waals surface area contributed by atoms with Crippen LogP contribution in [0.2, 0.25) is 0 Å². The molecule has 2 N–H and O–H groups in total. The van der Waals surface area contributed by atoms with Crippen LogP contribution in [0.5, 0.6) is 0 Å². The maximum Gasteiger partial charge on any atom is 0.326 e. The van der Waals surface area contributed by atoms with Gasteiger partial charge < -0.3 is 10.5 Å². The number of nitrogens with zero attached hydrogens (tertiary/aromatic N) is 1. The highest BCUT2D eigenvalue weighted by atomic mass is 32.2. The number of rotatable bonds is 7. The number of ether oxygens (including phenoxy) is 1. The summed E-state index contributed by atoms with van der Waals surface area (Å²) in [5, 5.41) is 12.5. The minimum Gasteiger partial charge on any atom is -0.468 e. The van der Waals surface area contributed by atoms with E-state index in [1.54, 1.807) is 30.0 Å². The number of carbonyl (C=O) groups is 1. The Bertz CT molecular complexity index is 765. The Kier molecular flexibility index (Phi) is 5.80. The highest BCUT2D eigenvalue weighted by Gasteiger charge is 2.35. The minimum absolute atomic E-state index is 0.0409. The van der Waals surface area contributed by atoms with Crippen LogP contribution in [-0.2, 0) is 16.0 Å². The summed E-state index contributed by atoms with van der Waals surface area (Å²) in [6.07, 6.45) is 2.67. The summed E-state index contributed by atoms with van der Waals surface area (Å²) in [5.74, 6) is 0.246. The molecule has 0 aliphatic rings. The molecular formula is C17H20N2O4S. The summed E-state index contributed by atoms with van der Waals surface area (Å²) in [5.41, 5.74) is 6.02. The van der Waals surface area contributed by atoms with Gasteiger partial charge in [-0.3, -0.25) is 14.9 Å². The summed E-state index contributed by atoms with van der Waals surface area (Å²) in [6, 6.07) is 10.2. The molecule has 2 rings (SSSR count). The van der Waals surface area contributed by atoms with Gasteiger partial charge >= 0.3 is 5.97 Å². The number of fused-ring (bicyclic) bond motifs is 1. The van der Waals surface area contributed by atoms with Crippen LogP contribution >= 0.6 is 11.8 Å². The van der Waals surface area contributed by atoms with E-state index in [1.807, 2.05) is 18.4 Å². The standard InChI is InChI=1S/C17H20N2O4S/c1-23-16(20)17(18,9-10-24-2)11-12-5-3-7-14-13(12)6-4-8-15(14)19(21)22/h3-8H,9-11,18H2,1-2H3/t17-/m1/s1. The number of esters is 1. The molecule has 0 aliphatic carbocycles. The fourth-order valence-corrected chi connectivity index (χ4v) is 3.33. The van der Waals surface area contributed by atoms with E-state index in [-0.39, 0.29) is 12.1 Å². The lowest BCUT2D eigenvalue weighted by Gasteiger charge is -2.27. The molecule has 2 aromatic carbocycles. The molecule has 0 heterocycles. The molecule has 7 heteroatoms. The van der Waals surface area contributed by atoms with Crippen LogP contribution in [0.25, 0.3) is 10.8 Å². The van der Waals surface area contributed by atoms with Crippen LogP contribution in [0.15, 0.2) is 36.4 Å². The van der Waals surface area contributed by atoms with Crippen LogP contribution in [0.4, 0.5) is 5.69 Å². The molecule has 1 atom stereocenters. The van der Waals surface area contributed by atoms with Gasteiger partial charge in [0.1, 0.15) is 5.54 Å². The highest BCUT2D eigenvalue weighted by Crippen LogP contribution is 2.30. The zero-order valence-corrected chi connectivity index (χ0v) is 14.5. The first kappa shape index (κ1) is 18.2. The Morgan fingerprint density at radius 1 is 1.29 bits per heavy atom. The van der Waals surface area contributed by atoms with E-state index < -0.39 is 16.4 Å². The Labute approximate surface area is 144 Å². The number of hydrogen-bond acceptors (Lipinski definition) is 6. The molecular weight excluding hydrogens is 328 g/mol. The van der Waals surface area contributed by atoms with Crippen molar-refractivity contribution in [3.63, 3.8) is 0 Å². The first-order chi connectivity index (χ1) is 11.4. The second-order valence-corrected chi connectivity index (χ2v) is 6.60.